The number of carbonyl (C=O) groups is 1. The number of para-hydroxylation sites is 1. The highest BCUT2D eigenvalue weighted by Gasteiger charge is 2.15. The van der Waals surface area contributed by atoms with E-state index in [1.807, 2.05) is 18.2 Å². The highest BCUT2D eigenvalue weighted by atomic mass is 16.1. The van der Waals surface area contributed by atoms with Gasteiger partial charge in [0.15, 0.2) is 0 Å². The Morgan fingerprint density at radius 2 is 1.79 bits per heavy atom. The molecular formula is C14H20N4O. The minimum atomic E-state index is -0.284. The zero-order chi connectivity index (χ0) is 14.4. The van der Waals surface area contributed by atoms with Crippen molar-refractivity contribution < 1.29 is 4.79 Å². The monoisotopic (exact) mass is 260 g/mol. The van der Waals surface area contributed by atoms with E-state index in [9.17, 15) is 4.79 Å². The third-order valence-corrected chi connectivity index (χ3v) is 2.91. The topological polar surface area (TPSA) is 77.9 Å². The van der Waals surface area contributed by atoms with Gasteiger partial charge in [-0.05, 0) is 28.5 Å². The highest BCUT2D eigenvalue weighted by molar-refractivity contribution is 5.94. The number of hydrogen-bond donors (Lipinski definition) is 1. The van der Waals surface area contributed by atoms with Crippen LogP contribution in [0.3, 0.4) is 0 Å². The number of rotatable bonds is 5. The second-order valence-corrected chi connectivity index (χ2v) is 5.06. The molecule has 0 aliphatic carbocycles. The second kappa shape index (κ2) is 6.81. The summed E-state index contributed by atoms with van der Waals surface area (Å²) in [4.78, 5) is 14.3. The van der Waals surface area contributed by atoms with Crippen LogP contribution in [-0.2, 0) is 4.79 Å². The molecule has 0 aliphatic rings. The Bertz CT molecular complexity index is 476. The predicted molar refractivity (Wildman–Crippen MR) is 77.3 cm³/mol. The summed E-state index contributed by atoms with van der Waals surface area (Å²) in [5, 5.41) is 6.16. The Labute approximate surface area is 113 Å². The van der Waals surface area contributed by atoms with Gasteiger partial charge in [-0.2, -0.15) is 0 Å². The van der Waals surface area contributed by atoms with Gasteiger partial charge in [0.1, 0.15) is 6.54 Å². The maximum atomic E-state index is 11.7. The molecule has 1 aromatic rings. The van der Waals surface area contributed by atoms with Gasteiger partial charge in [-0.3, -0.25) is 4.79 Å². The molecule has 0 spiro atoms. The predicted octanol–water partition coefficient (Wildman–Crippen LogP) is 4.18. The molecule has 1 amide bonds. The van der Waals surface area contributed by atoms with Crippen LogP contribution in [0.25, 0.3) is 10.4 Å². The molecule has 1 rings (SSSR count). The molecule has 1 N–H and O–H groups in total. The van der Waals surface area contributed by atoms with Crippen LogP contribution in [0.1, 0.15) is 50.7 Å². The zero-order valence-corrected chi connectivity index (χ0v) is 11.8. The van der Waals surface area contributed by atoms with E-state index >= 15 is 0 Å². The van der Waals surface area contributed by atoms with E-state index in [1.165, 1.54) is 0 Å². The molecule has 5 nitrogen and oxygen atoms in total. The summed E-state index contributed by atoms with van der Waals surface area (Å²) < 4.78 is 0. The summed E-state index contributed by atoms with van der Waals surface area (Å²) in [5.41, 5.74) is 11.3. The van der Waals surface area contributed by atoms with Crippen molar-refractivity contribution in [1.82, 2.24) is 0 Å². The largest absolute Gasteiger partial charge is 0.325 e. The second-order valence-electron chi connectivity index (χ2n) is 5.06. The van der Waals surface area contributed by atoms with Crippen molar-refractivity contribution in [2.24, 2.45) is 5.11 Å². The molecule has 0 bridgehead atoms. The van der Waals surface area contributed by atoms with E-state index in [4.69, 9.17) is 5.53 Å². The first-order valence-electron chi connectivity index (χ1n) is 6.40. The highest BCUT2D eigenvalue weighted by Crippen LogP contribution is 2.32. The summed E-state index contributed by atoms with van der Waals surface area (Å²) in [6, 6.07) is 6.03. The molecule has 0 aromatic heterocycles. The van der Waals surface area contributed by atoms with E-state index in [-0.39, 0.29) is 12.5 Å². The number of nitrogens with zero attached hydrogens (tertiary/aromatic N) is 3. The molecule has 0 unspecified atom stereocenters. The SMILES string of the molecule is CC(C)c1cccc(C(C)C)c1NC(=O)CN=[N+]=[N-]. The van der Waals surface area contributed by atoms with Crippen molar-refractivity contribution >= 4 is 11.6 Å². The molecule has 19 heavy (non-hydrogen) atoms. The van der Waals surface area contributed by atoms with Gasteiger partial charge < -0.3 is 5.32 Å². The molecule has 0 fully saturated rings. The maximum absolute atomic E-state index is 11.7. The van der Waals surface area contributed by atoms with Crippen LogP contribution >= 0.6 is 0 Å². The molecule has 102 valence electrons. The van der Waals surface area contributed by atoms with Crippen molar-refractivity contribution in [1.29, 1.82) is 0 Å². The minimum Gasteiger partial charge on any atom is -0.325 e. The number of nitrogens with one attached hydrogen (secondary N) is 1. The first-order valence-corrected chi connectivity index (χ1v) is 6.40. The Hall–Kier alpha value is -2.00. The van der Waals surface area contributed by atoms with Crippen molar-refractivity contribution in [3.8, 4) is 0 Å². The molecule has 0 heterocycles. The number of amides is 1. The number of benzene rings is 1. The van der Waals surface area contributed by atoms with E-state index in [0.717, 1.165) is 16.8 Å². The summed E-state index contributed by atoms with van der Waals surface area (Å²) >= 11 is 0. The van der Waals surface area contributed by atoms with Crippen molar-refractivity contribution in [3.63, 3.8) is 0 Å². The van der Waals surface area contributed by atoms with Crippen LogP contribution in [0.5, 0.6) is 0 Å². The number of carbonyl (C=O) groups excluding carboxylic acids is 1. The van der Waals surface area contributed by atoms with Gasteiger partial charge in [-0.1, -0.05) is 51.0 Å². The molecule has 5 heteroatoms. The van der Waals surface area contributed by atoms with Crippen LogP contribution in [-0.4, -0.2) is 12.5 Å². The Morgan fingerprint density at radius 3 is 2.21 bits per heavy atom. The van der Waals surface area contributed by atoms with Crippen LogP contribution in [0.15, 0.2) is 23.3 Å². The van der Waals surface area contributed by atoms with Crippen LogP contribution in [0, 0.1) is 0 Å². The van der Waals surface area contributed by atoms with Crippen LogP contribution < -0.4 is 5.32 Å². The van der Waals surface area contributed by atoms with Gasteiger partial charge in [0.2, 0.25) is 5.91 Å². The molecule has 0 saturated carbocycles. The van der Waals surface area contributed by atoms with Gasteiger partial charge in [-0.25, -0.2) is 0 Å². The van der Waals surface area contributed by atoms with Crippen molar-refractivity contribution in [3.05, 3.63) is 39.8 Å². The fraction of sp³-hybridized carbons (Fsp3) is 0.500. The van der Waals surface area contributed by atoms with E-state index in [0.29, 0.717) is 11.8 Å². The first-order chi connectivity index (χ1) is 8.97. The third-order valence-electron chi connectivity index (χ3n) is 2.91. The lowest BCUT2D eigenvalue weighted by molar-refractivity contribution is -0.114. The van der Waals surface area contributed by atoms with Gasteiger partial charge >= 0.3 is 0 Å². The Kier molecular flexibility index (Phi) is 5.39. The van der Waals surface area contributed by atoms with Crippen molar-refractivity contribution in [2.75, 3.05) is 11.9 Å². The van der Waals surface area contributed by atoms with Crippen molar-refractivity contribution in [2.45, 2.75) is 39.5 Å². The quantitative estimate of drug-likeness (QED) is 0.481. The van der Waals surface area contributed by atoms with Crippen LogP contribution in [0.2, 0.25) is 0 Å². The standard InChI is InChI=1S/C14H20N4O/c1-9(2)11-6-5-7-12(10(3)4)14(11)17-13(19)8-16-18-15/h5-7,9-10H,8H2,1-4H3,(H,17,19). The molecular weight excluding hydrogens is 240 g/mol. The van der Waals surface area contributed by atoms with E-state index in [2.05, 4.69) is 43.0 Å². The Morgan fingerprint density at radius 1 is 1.26 bits per heavy atom. The first kappa shape index (κ1) is 15.1. The van der Waals surface area contributed by atoms with Gasteiger partial charge in [-0.15, -0.1) is 0 Å². The summed E-state index contributed by atoms with van der Waals surface area (Å²) in [6.07, 6.45) is 0. The molecule has 0 radical (unpaired) electrons. The average molecular weight is 260 g/mol. The lowest BCUT2D eigenvalue weighted by Gasteiger charge is -2.19. The molecule has 0 saturated heterocycles. The summed E-state index contributed by atoms with van der Waals surface area (Å²) in [6.45, 7) is 8.16. The average Bonchev–Trinajstić information content (AvgIpc) is 2.35. The maximum Gasteiger partial charge on any atom is 0.230 e. The summed E-state index contributed by atoms with van der Waals surface area (Å²) in [5.74, 6) is 0.342. The lowest BCUT2D eigenvalue weighted by Crippen LogP contribution is -2.17. The lowest BCUT2D eigenvalue weighted by atomic mass is 9.92. The minimum absolute atomic E-state index is 0.180. The van der Waals surface area contributed by atoms with Gasteiger partial charge in [0, 0.05) is 10.6 Å². The number of anilines is 1. The van der Waals surface area contributed by atoms with E-state index < -0.39 is 0 Å². The third kappa shape index (κ3) is 4.00. The van der Waals surface area contributed by atoms with Gasteiger partial charge in [0.25, 0.3) is 0 Å². The molecule has 1 aromatic carbocycles. The fourth-order valence-electron chi connectivity index (χ4n) is 1.97. The Balaban J connectivity index is 3.14. The van der Waals surface area contributed by atoms with Crippen LogP contribution in [0.4, 0.5) is 5.69 Å². The number of hydrogen-bond acceptors (Lipinski definition) is 2. The summed E-state index contributed by atoms with van der Waals surface area (Å²) in [7, 11) is 0. The van der Waals surface area contributed by atoms with E-state index in [1.54, 1.807) is 0 Å². The number of azide groups is 1. The molecule has 0 atom stereocenters. The molecule has 0 aliphatic heterocycles. The smallest absolute Gasteiger partial charge is 0.230 e. The van der Waals surface area contributed by atoms with Gasteiger partial charge in [0.05, 0.1) is 0 Å². The normalized spacial score (nSPS) is 10.4. The fourth-order valence-corrected chi connectivity index (χ4v) is 1.97. The zero-order valence-electron chi connectivity index (χ0n) is 11.8.